The number of fused-ring (bicyclic) bond motifs is 1. The molecule has 0 amide bonds. The summed E-state index contributed by atoms with van der Waals surface area (Å²) in [5.41, 5.74) is 1.15. The van der Waals surface area contributed by atoms with Crippen LogP contribution >= 0.6 is 11.3 Å². The Morgan fingerprint density at radius 2 is 2.17 bits per heavy atom. The molecular formula is C15H14O2S. The Labute approximate surface area is 110 Å². The Balaban J connectivity index is 1.59. The Morgan fingerprint density at radius 1 is 1.28 bits per heavy atom. The summed E-state index contributed by atoms with van der Waals surface area (Å²) in [5.74, 6) is 1.08. The molecule has 2 heterocycles. The molecule has 1 atom stereocenters. The standard InChI is InChI=1S/C15H14O2S/c16-13(8-7-12-5-3-9-18-12)15-10-11-4-1-2-6-14(11)17-15/h1-6,9,15H,7-8,10H2. The fraction of sp³-hybridized carbons (Fsp3) is 0.267. The summed E-state index contributed by atoms with van der Waals surface area (Å²) < 4.78 is 5.69. The summed E-state index contributed by atoms with van der Waals surface area (Å²) in [6.45, 7) is 0. The molecule has 1 aliphatic heterocycles. The fourth-order valence-electron chi connectivity index (χ4n) is 2.22. The zero-order chi connectivity index (χ0) is 12.4. The third-order valence-corrected chi connectivity index (χ3v) is 4.14. The monoisotopic (exact) mass is 258 g/mol. The molecule has 1 aromatic heterocycles. The topological polar surface area (TPSA) is 26.3 Å². The Kier molecular flexibility index (Phi) is 3.15. The van der Waals surface area contributed by atoms with Crippen molar-refractivity contribution in [3.63, 3.8) is 0 Å². The van der Waals surface area contributed by atoms with E-state index in [9.17, 15) is 4.79 Å². The molecule has 0 radical (unpaired) electrons. The van der Waals surface area contributed by atoms with Gasteiger partial charge in [-0.2, -0.15) is 0 Å². The van der Waals surface area contributed by atoms with Gasteiger partial charge in [0.1, 0.15) is 5.75 Å². The molecule has 2 nitrogen and oxygen atoms in total. The Morgan fingerprint density at radius 3 is 2.94 bits per heavy atom. The van der Waals surface area contributed by atoms with Crippen molar-refractivity contribution >= 4 is 17.1 Å². The van der Waals surface area contributed by atoms with Crippen LogP contribution in [0.4, 0.5) is 0 Å². The summed E-state index contributed by atoms with van der Waals surface area (Å²) in [5, 5.41) is 2.04. The van der Waals surface area contributed by atoms with Gasteiger partial charge in [-0.3, -0.25) is 4.79 Å². The molecule has 2 aromatic rings. The number of carbonyl (C=O) groups excluding carboxylic acids is 1. The summed E-state index contributed by atoms with van der Waals surface area (Å²) in [6, 6.07) is 12.0. The van der Waals surface area contributed by atoms with Crippen LogP contribution in [0.2, 0.25) is 0 Å². The number of para-hydroxylation sites is 1. The van der Waals surface area contributed by atoms with E-state index in [4.69, 9.17) is 4.74 Å². The van der Waals surface area contributed by atoms with E-state index in [0.717, 1.165) is 24.2 Å². The molecule has 0 saturated carbocycles. The summed E-state index contributed by atoms with van der Waals surface area (Å²) >= 11 is 1.70. The van der Waals surface area contributed by atoms with Gasteiger partial charge in [-0.25, -0.2) is 0 Å². The maximum Gasteiger partial charge on any atom is 0.173 e. The third-order valence-electron chi connectivity index (χ3n) is 3.20. The van der Waals surface area contributed by atoms with Crippen molar-refractivity contribution in [2.24, 2.45) is 0 Å². The molecular weight excluding hydrogens is 244 g/mol. The first kappa shape index (κ1) is 11.5. The average molecular weight is 258 g/mol. The normalized spacial score (nSPS) is 17.2. The number of benzene rings is 1. The van der Waals surface area contributed by atoms with Gasteiger partial charge < -0.3 is 4.74 Å². The highest BCUT2D eigenvalue weighted by Crippen LogP contribution is 2.29. The zero-order valence-corrected chi connectivity index (χ0v) is 10.8. The molecule has 0 aliphatic carbocycles. The van der Waals surface area contributed by atoms with Crippen LogP contribution in [-0.2, 0) is 17.6 Å². The van der Waals surface area contributed by atoms with Gasteiger partial charge in [0.15, 0.2) is 11.9 Å². The number of hydrogen-bond donors (Lipinski definition) is 0. The number of hydrogen-bond acceptors (Lipinski definition) is 3. The molecule has 0 N–H and O–H groups in total. The highest BCUT2D eigenvalue weighted by molar-refractivity contribution is 7.09. The summed E-state index contributed by atoms with van der Waals surface area (Å²) in [4.78, 5) is 13.4. The number of carbonyl (C=O) groups is 1. The van der Waals surface area contributed by atoms with E-state index in [1.165, 1.54) is 4.88 Å². The van der Waals surface area contributed by atoms with Crippen molar-refractivity contribution in [3.05, 3.63) is 52.2 Å². The van der Waals surface area contributed by atoms with E-state index in [2.05, 4.69) is 6.07 Å². The van der Waals surface area contributed by atoms with Gasteiger partial charge in [-0.05, 0) is 29.5 Å². The lowest BCUT2D eigenvalue weighted by Gasteiger charge is -2.08. The van der Waals surface area contributed by atoms with Crippen molar-refractivity contribution in [1.82, 2.24) is 0 Å². The number of aryl methyl sites for hydroxylation is 1. The fourth-order valence-corrected chi connectivity index (χ4v) is 2.93. The average Bonchev–Trinajstić information content (AvgIpc) is 3.04. The van der Waals surface area contributed by atoms with E-state index in [0.29, 0.717) is 6.42 Å². The van der Waals surface area contributed by atoms with Gasteiger partial charge >= 0.3 is 0 Å². The Hall–Kier alpha value is -1.61. The Bertz CT molecular complexity index is 520. The predicted molar refractivity (Wildman–Crippen MR) is 72.2 cm³/mol. The lowest BCUT2D eigenvalue weighted by atomic mass is 10.0. The highest BCUT2D eigenvalue weighted by atomic mass is 32.1. The van der Waals surface area contributed by atoms with Gasteiger partial charge in [0.25, 0.3) is 0 Å². The summed E-state index contributed by atoms with van der Waals surface area (Å²) in [7, 11) is 0. The first-order valence-corrected chi connectivity index (χ1v) is 7.00. The van der Waals surface area contributed by atoms with E-state index >= 15 is 0 Å². The number of ether oxygens (including phenoxy) is 1. The molecule has 0 bridgehead atoms. The molecule has 18 heavy (non-hydrogen) atoms. The van der Waals surface area contributed by atoms with Crippen LogP contribution in [-0.4, -0.2) is 11.9 Å². The van der Waals surface area contributed by atoms with E-state index in [1.54, 1.807) is 11.3 Å². The molecule has 3 rings (SSSR count). The molecule has 0 fully saturated rings. The second-order valence-corrected chi connectivity index (χ2v) is 5.50. The lowest BCUT2D eigenvalue weighted by molar-refractivity contribution is -0.125. The first-order chi connectivity index (χ1) is 8.83. The quantitative estimate of drug-likeness (QED) is 0.841. The third kappa shape index (κ3) is 2.31. The molecule has 0 spiro atoms. The van der Waals surface area contributed by atoms with Crippen LogP contribution in [0.15, 0.2) is 41.8 Å². The maximum absolute atomic E-state index is 12.1. The van der Waals surface area contributed by atoms with Gasteiger partial charge in [0.05, 0.1) is 0 Å². The van der Waals surface area contributed by atoms with Gasteiger partial charge in [0, 0.05) is 17.7 Å². The number of ketones is 1. The molecule has 3 heteroatoms. The zero-order valence-electron chi connectivity index (χ0n) is 9.96. The van der Waals surface area contributed by atoms with Crippen molar-refractivity contribution in [1.29, 1.82) is 0 Å². The van der Waals surface area contributed by atoms with Crippen LogP contribution in [0.25, 0.3) is 0 Å². The van der Waals surface area contributed by atoms with E-state index in [-0.39, 0.29) is 11.9 Å². The number of rotatable bonds is 4. The van der Waals surface area contributed by atoms with E-state index < -0.39 is 0 Å². The van der Waals surface area contributed by atoms with Crippen molar-refractivity contribution in [2.75, 3.05) is 0 Å². The van der Waals surface area contributed by atoms with Gasteiger partial charge in [-0.1, -0.05) is 24.3 Å². The number of Topliss-reactive ketones (excluding diaryl/α,β-unsaturated/α-hetero) is 1. The van der Waals surface area contributed by atoms with Crippen LogP contribution in [0.1, 0.15) is 16.9 Å². The van der Waals surface area contributed by atoms with Crippen molar-refractivity contribution in [2.45, 2.75) is 25.4 Å². The van der Waals surface area contributed by atoms with Gasteiger partial charge in [-0.15, -0.1) is 11.3 Å². The molecule has 92 valence electrons. The summed E-state index contributed by atoms with van der Waals surface area (Å²) in [6.07, 6.45) is 1.84. The smallest absolute Gasteiger partial charge is 0.173 e. The molecule has 1 aromatic carbocycles. The van der Waals surface area contributed by atoms with Crippen LogP contribution in [0.3, 0.4) is 0 Å². The molecule has 1 aliphatic rings. The maximum atomic E-state index is 12.1. The van der Waals surface area contributed by atoms with Crippen molar-refractivity contribution < 1.29 is 9.53 Å². The van der Waals surface area contributed by atoms with Crippen LogP contribution < -0.4 is 4.74 Å². The van der Waals surface area contributed by atoms with E-state index in [1.807, 2.05) is 35.7 Å². The minimum Gasteiger partial charge on any atom is -0.482 e. The first-order valence-electron chi connectivity index (χ1n) is 6.12. The lowest BCUT2D eigenvalue weighted by Crippen LogP contribution is -2.25. The predicted octanol–water partition coefficient (Wildman–Crippen LogP) is 3.25. The SMILES string of the molecule is O=C(CCc1cccs1)C1Cc2ccccc2O1. The van der Waals surface area contributed by atoms with Crippen LogP contribution in [0, 0.1) is 0 Å². The van der Waals surface area contributed by atoms with Crippen LogP contribution in [0.5, 0.6) is 5.75 Å². The largest absolute Gasteiger partial charge is 0.482 e. The minimum atomic E-state index is -0.276. The molecule has 0 saturated heterocycles. The number of thiophene rings is 1. The molecule has 1 unspecified atom stereocenters. The second-order valence-electron chi connectivity index (χ2n) is 4.46. The highest BCUT2D eigenvalue weighted by Gasteiger charge is 2.28. The minimum absolute atomic E-state index is 0.208. The second kappa shape index (κ2) is 4.94. The van der Waals surface area contributed by atoms with Crippen molar-refractivity contribution in [3.8, 4) is 5.75 Å². The van der Waals surface area contributed by atoms with Gasteiger partial charge in [0.2, 0.25) is 0 Å².